The van der Waals surface area contributed by atoms with Crippen LogP contribution in [0.4, 0.5) is 0 Å². The minimum Gasteiger partial charge on any atom is -0.216 e. The molecule has 0 aliphatic rings. The van der Waals surface area contributed by atoms with Gasteiger partial charge in [-0.25, -0.2) is 17.8 Å². The van der Waals surface area contributed by atoms with Crippen LogP contribution in [0.2, 0.25) is 0 Å². The quantitative estimate of drug-likeness (QED) is 0.500. The zero-order chi connectivity index (χ0) is 22.0. The Bertz CT molecular complexity index is 1310. The molecule has 0 radical (unpaired) electrons. The van der Waals surface area contributed by atoms with E-state index in [1.54, 1.807) is 19.9 Å². The van der Waals surface area contributed by atoms with Crippen molar-refractivity contribution < 1.29 is 8.42 Å². The van der Waals surface area contributed by atoms with Crippen molar-refractivity contribution in [3.8, 4) is 17.1 Å². The molecule has 2 aromatic heterocycles. The summed E-state index contributed by atoms with van der Waals surface area (Å²) in [6.07, 6.45) is 0. The highest BCUT2D eigenvalue weighted by Gasteiger charge is 2.25. The maximum atomic E-state index is 13.0. The molecule has 0 atom stereocenters. The number of nitrogens with one attached hydrogen (secondary N) is 1. The van der Waals surface area contributed by atoms with Gasteiger partial charge in [0.05, 0.1) is 17.1 Å². The first kappa shape index (κ1) is 20.9. The molecule has 0 spiro atoms. The zero-order valence-corrected chi connectivity index (χ0v) is 18.4. The molecule has 7 nitrogen and oxygen atoms in total. The maximum absolute atomic E-state index is 13.0. The van der Waals surface area contributed by atoms with E-state index in [-0.39, 0.29) is 11.4 Å². The van der Waals surface area contributed by atoms with Gasteiger partial charge in [-0.15, -0.1) is 10.2 Å². The second-order valence-electron chi connectivity index (χ2n) is 7.31. The molecule has 0 saturated heterocycles. The third kappa shape index (κ3) is 4.26. The van der Waals surface area contributed by atoms with Crippen LogP contribution >= 0.6 is 0 Å². The molecule has 2 heterocycles. The van der Waals surface area contributed by atoms with Crippen molar-refractivity contribution in [2.24, 2.45) is 0 Å². The highest BCUT2D eigenvalue weighted by atomic mass is 32.2. The molecule has 0 bridgehead atoms. The lowest BCUT2D eigenvalue weighted by molar-refractivity contribution is 0.580. The van der Waals surface area contributed by atoms with Crippen LogP contribution in [0.25, 0.3) is 17.1 Å². The lowest BCUT2D eigenvalue weighted by Gasteiger charge is -2.09. The summed E-state index contributed by atoms with van der Waals surface area (Å²) < 4.78 is 30.3. The first-order valence-electron chi connectivity index (χ1n) is 9.87. The van der Waals surface area contributed by atoms with Gasteiger partial charge in [0.25, 0.3) is 0 Å². The number of hydrogen-bond acceptors (Lipinski definition) is 5. The molecule has 31 heavy (non-hydrogen) atoms. The number of hydrogen-bond donors (Lipinski definition) is 1. The first-order valence-corrected chi connectivity index (χ1v) is 11.3. The monoisotopic (exact) mass is 433 g/mol. The molecule has 4 rings (SSSR count). The Morgan fingerprint density at radius 2 is 1.58 bits per heavy atom. The van der Waals surface area contributed by atoms with Gasteiger partial charge in [0.1, 0.15) is 4.90 Å². The normalized spacial score (nSPS) is 11.6. The van der Waals surface area contributed by atoms with Crippen LogP contribution in [-0.2, 0) is 16.6 Å². The predicted molar refractivity (Wildman–Crippen MR) is 119 cm³/mol. The van der Waals surface area contributed by atoms with Gasteiger partial charge in [0.15, 0.2) is 5.82 Å². The van der Waals surface area contributed by atoms with Crippen molar-refractivity contribution >= 4 is 10.0 Å². The standard InChI is InChI=1S/C23H23N5O2S/c1-16-9-7-8-12-20(16)15-24-31(29,30)23-17(2)27-28(18(23)3)22-14-13-21(25-26-22)19-10-5-4-6-11-19/h4-14,24H,15H2,1-3H3. The highest BCUT2D eigenvalue weighted by molar-refractivity contribution is 7.89. The van der Waals surface area contributed by atoms with Crippen molar-refractivity contribution in [1.29, 1.82) is 0 Å². The van der Waals surface area contributed by atoms with E-state index in [9.17, 15) is 8.42 Å². The molecular formula is C23H23N5O2S. The van der Waals surface area contributed by atoms with Crippen molar-refractivity contribution in [1.82, 2.24) is 24.7 Å². The van der Waals surface area contributed by atoms with Gasteiger partial charge in [0.2, 0.25) is 10.0 Å². The summed E-state index contributed by atoms with van der Waals surface area (Å²) in [4.78, 5) is 0.162. The molecule has 8 heteroatoms. The van der Waals surface area contributed by atoms with Gasteiger partial charge in [-0.2, -0.15) is 5.10 Å². The van der Waals surface area contributed by atoms with Crippen LogP contribution in [0.15, 0.2) is 71.6 Å². The summed E-state index contributed by atoms with van der Waals surface area (Å²) in [5, 5.41) is 13.0. The number of benzene rings is 2. The SMILES string of the molecule is Cc1ccccc1CNS(=O)(=O)c1c(C)nn(-c2ccc(-c3ccccc3)nn2)c1C. The Balaban J connectivity index is 1.62. The molecule has 158 valence electrons. The molecule has 0 aliphatic carbocycles. The smallest absolute Gasteiger partial charge is 0.216 e. The van der Waals surface area contributed by atoms with E-state index < -0.39 is 10.0 Å². The Hall–Kier alpha value is -3.36. The van der Waals surface area contributed by atoms with Crippen LogP contribution in [0.3, 0.4) is 0 Å². The van der Waals surface area contributed by atoms with Gasteiger partial charge in [0, 0.05) is 12.1 Å². The summed E-state index contributed by atoms with van der Waals surface area (Å²) in [5.74, 6) is 0.459. The Kier molecular flexibility index (Phi) is 5.67. The van der Waals surface area contributed by atoms with E-state index in [1.165, 1.54) is 4.68 Å². The fourth-order valence-corrected chi connectivity index (χ4v) is 4.89. The van der Waals surface area contributed by atoms with Crippen molar-refractivity contribution in [2.45, 2.75) is 32.2 Å². The second kappa shape index (κ2) is 8.41. The van der Waals surface area contributed by atoms with E-state index >= 15 is 0 Å². The van der Waals surface area contributed by atoms with E-state index in [2.05, 4.69) is 20.0 Å². The Labute approximate surface area is 181 Å². The number of sulfonamides is 1. The Morgan fingerprint density at radius 1 is 0.871 bits per heavy atom. The largest absolute Gasteiger partial charge is 0.244 e. The third-order valence-corrected chi connectivity index (χ3v) is 6.80. The van der Waals surface area contributed by atoms with E-state index in [0.29, 0.717) is 17.2 Å². The van der Waals surface area contributed by atoms with Crippen molar-refractivity contribution in [3.05, 3.63) is 89.2 Å². The first-order chi connectivity index (χ1) is 14.9. The minimum atomic E-state index is -3.76. The molecule has 0 unspecified atom stereocenters. The fourth-order valence-electron chi connectivity index (χ4n) is 3.49. The van der Waals surface area contributed by atoms with Gasteiger partial charge in [-0.3, -0.25) is 0 Å². The average Bonchev–Trinajstić information content (AvgIpc) is 3.08. The number of rotatable bonds is 6. The van der Waals surface area contributed by atoms with Crippen LogP contribution < -0.4 is 4.72 Å². The molecule has 2 aromatic carbocycles. The Morgan fingerprint density at radius 3 is 2.26 bits per heavy atom. The average molecular weight is 434 g/mol. The molecule has 0 saturated carbocycles. The van der Waals surface area contributed by atoms with Crippen LogP contribution in [0.1, 0.15) is 22.5 Å². The van der Waals surface area contributed by atoms with Crippen LogP contribution in [0.5, 0.6) is 0 Å². The molecule has 1 N–H and O–H groups in total. The summed E-state index contributed by atoms with van der Waals surface area (Å²) in [6.45, 7) is 5.56. The topological polar surface area (TPSA) is 89.8 Å². The molecule has 4 aromatic rings. The van der Waals surface area contributed by atoms with Gasteiger partial charge in [-0.05, 0) is 44.0 Å². The second-order valence-corrected chi connectivity index (χ2v) is 9.01. The molecule has 0 aliphatic heterocycles. The summed E-state index contributed by atoms with van der Waals surface area (Å²) in [6, 6.07) is 21.0. The van der Waals surface area contributed by atoms with E-state index in [4.69, 9.17) is 0 Å². The van der Waals surface area contributed by atoms with Gasteiger partial charge in [-0.1, -0.05) is 54.6 Å². The van der Waals surface area contributed by atoms with Crippen LogP contribution in [0, 0.1) is 20.8 Å². The highest BCUT2D eigenvalue weighted by Crippen LogP contribution is 2.23. The minimum absolute atomic E-state index is 0.162. The third-order valence-electron chi connectivity index (χ3n) is 5.14. The fraction of sp³-hybridized carbons (Fsp3) is 0.174. The van der Waals surface area contributed by atoms with Gasteiger partial charge < -0.3 is 0 Å². The van der Waals surface area contributed by atoms with Crippen molar-refractivity contribution in [3.63, 3.8) is 0 Å². The summed E-state index contributed by atoms with van der Waals surface area (Å²) in [7, 11) is -3.76. The van der Waals surface area contributed by atoms with E-state index in [0.717, 1.165) is 22.4 Å². The van der Waals surface area contributed by atoms with Gasteiger partial charge >= 0.3 is 0 Å². The van der Waals surface area contributed by atoms with Crippen LogP contribution in [-0.4, -0.2) is 28.4 Å². The lowest BCUT2D eigenvalue weighted by Crippen LogP contribution is -2.24. The number of nitrogens with zero attached hydrogens (tertiary/aromatic N) is 4. The zero-order valence-electron chi connectivity index (χ0n) is 17.6. The van der Waals surface area contributed by atoms with E-state index in [1.807, 2.05) is 67.6 Å². The number of aryl methyl sites for hydroxylation is 2. The van der Waals surface area contributed by atoms with Crippen molar-refractivity contribution in [2.75, 3.05) is 0 Å². The maximum Gasteiger partial charge on any atom is 0.244 e. The lowest BCUT2D eigenvalue weighted by atomic mass is 10.1. The molecular weight excluding hydrogens is 410 g/mol. The molecule has 0 amide bonds. The number of aromatic nitrogens is 4. The molecule has 0 fully saturated rings. The predicted octanol–water partition coefficient (Wildman–Crippen LogP) is 3.73. The summed E-state index contributed by atoms with van der Waals surface area (Å²) in [5.41, 5.74) is 4.54. The summed E-state index contributed by atoms with van der Waals surface area (Å²) >= 11 is 0.